The monoisotopic (exact) mass is 345 g/mol. The molecular formula is C18H23N3O2S. The molecule has 0 radical (unpaired) electrons. The molecule has 0 unspecified atom stereocenters. The summed E-state index contributed by atoms with van der Waals surface area (Å²) in [4.78, 5) is 11.1. The minimum Gasteiger partial charge on any atom is -0.374 e. The molecule has 0 spiro atoms. The van der Waals surface area contributed by atoms with Gasteiger partial charge in [0.05, 0.1) is 32.0 Å². The molecule has 0 N–H and O–H groups in total. The number of fused-ring (bicyclic) bond motifs is 1. The molecule has 2 aromatic rings. The zero-order valence-corrected chi connectivity index (χ0v) is 14.5. The van der Waals surface area contributed by atoms with Crippen LogP contribution in [-0.2, 0) is 22.6 Å². The highest BCUT2D eigenvalue weighted by atomic mass is 32.1. The van der Waals surface area contributed by atoms with Crippen molar-refractivity contribution in [3.8, 4) is 0 Å². The number of aromatic nitrogens is 2. The molecule has 2 aliphatic heterocycles. The van der Waals surface area contributed by atoms with E-state index in [-0.39, 0.29) is 6.10 Å². The molecule has 6 heteroatoms. The molecule has 2 saturated heterocycles. The van der Waals surface area contributed by atoms with Gasteiger partial charge in [-0.25, -0.2) is 4.98 Å². The quantitative estimate of drug-likeness (QED) is 0.806. The summed E-state index contributed by atoms with van der Waals surface area (Å²) >= 11 is 1.74. The lowest BCUT2D eigenvalue weighted by atomic mass is 9.99. The molecule has 0 saturated carbocycles. The summed E-state index contributed by atoms with van der Waals surface area (Å²) in [6.07, 6.45) is 9.49. The fourth-order valence-corrected chi connectivity index (χ4v) is 4.34. The number of rotatable bonds is 6. The standard InChI is InChI=1S/C18H23N3O2S/c1-2-14(10-19-6-1)12-22-13-15-3-4-16-17(23-15)5-8-21(16)11-18-20-7-9-24-18/h1-2,6-7,9-10,15-17H,3-5,8,11-13H2/t15-,16+,17+/m1/s1. The van der Waals surface area contributed by atoms with Crippen LogP contribution in [-0.4, -0.2) is 46.3 Å². The van der Waals surface area contributed by atoms with E-state index in [1.165, 1.54) is 11.4 Å². The van der Waals surface area contributed by atoms with Gasteiger partial charge in [0.25, 0.3) is 0 Å². The number of hydrogen-bond donors (Lipinski definition) is 0. The van der Waals surface area contributed by atoms with Gasteiger partial charge in [-0.1, -0.05) is 6.07 Å². The Balaban J connectivity index is 1.23. The van der Waals surface area contributed by atoms with Crippen molar-refractivity contribution < 1.29 is 9.47 Å². The Hall–Kier alpha value is -1.34. The summed E-state index contributed by atoms with van der Waals surface area (Å²) < 4.78 is 12.1. The van der Waals surface area contributed by atoms with Crippen LogP contribution >= 0.6 is 11.3 Å². The molecule has 128 valence electrons. The Morgan fingerprint density at radius 3 is 3.12 bits per heavy atom. The first-order valence-electron chi connectivity index (χ1n) is 8.63. The number of thiazole rings is 1. The second kappa shape index (κ2) is 7.70. The van der Waals surface area contributed by atoms with Crippen molar-refractivity contribution in [2.75, 3.05) is 13.2 Å². The molecule has 2 aromatic heterocycles. The SMILES string of the molecule is c1cncc(COC[C@H]2CC[C@H]3[C@H](CCN3Cc3nccs3)O2)c1. The average Bonchev–Trinajstić information content (AvgIpc) is 3.26. The summed E-state index contributed by atoms with van der Waals surface area (Å²) in [5, 5.41) is 3.26. The van der Waals surface area contributed by atoms with Crippen LogP contribution in [0.1, 0.15) is 29.8 Å². The zero-order chi connectivity index (χ0) is 16.2. The topological polar surface area (TPSA) is 47.5 Å². The summed E-state index contributed by atoms with van der Waals surface area (Å²) in [6.45, 7) is 3.35. The van der Waals surface area contributed by atoms with Crippen LogP contribution in [0.25, 0.3) is 0 Å². The van der Waals surface area contributed by atoms with E-state index < -0.39 is 0 Å². The molecular weight excluding hydrogens is 322 g/mol. The van der Waals surface area contributed by atoms with Gasteiger partial charge in [-0.05, 0) is 30.9 Å². The highest BCUT2D eigenvalue weighted by Gasteiger charge is 2.39. The number of ether oxygens (including phenoxy) is 2. The molecule has 0 bridgehead atoms. The smallest absolute Gasteiger partial charge is 0.107 e. The van der Waals surface area contributed by atoms with Gasteiger partial charge in [0.15, 0.2) is 0 Å². The van der Waals surface area contributed by atoms with E-state index in [0.29, 0.717) is 25.4 Å². The van der Waals surface area contributed by atoms with Crippen LogP contribution in [0.2, 0.25) is 0 Å². The summed E-state index contributed by atoms with van der Waals surface area (Å²) in [5.74, 6) is 0. The normalized spacial score (nSPS) is 27.2. The lowest BCUT2D eigenvalue weighted by Crippen LogP contribution is -2.43. The van der Waals surface area contributed by atoms with Gasteiger partial charge >= 0.3 is 0 Å². The van der Waals surface area contributed by atoms with Gasteiger partial charge in [0.1, 0.15) is 5.01 Å². The first-order valence-corrected chi connectivity index (χ1v) is 9.51. The third-order valence-electron chi connectivity index (χ3n) is 4.87. The molecule has 2 fully saturated rings. The fraction of sp³-hybridized carbons (Fsp3) is 0.556. The van der Waals surface area contributed by atoms with Crippen LogP contribution in [0.5, 0.6) is 0 Å². The van der Waals surface area contributed by atoms with Crippen LogP contribution < -0.4 is 0 Å². The van der Waals surface area contributed by atoms with Gasteiger partial charge in [-0.2, -0.15) is 0 Å². The van der Waals surface area contributed by atoms with Gasteiger partial charge in [-0.3, -0.25) is 9.88 Å². The largest absolute Gasteiger partial charge is 0.374 e. The minimum atomic E-state index is 0.225. The maximum Gasteiger partial charge on any atom is 0.107 e. The zero-order valence-electron chi connectivity index (χ0n) is 13.7. The Kier molecular flexibility index (Phi) is 5.18. The van der Waals surface area contributed by atoms with E-state index in [1.807, 2.05) is 24.5 Å². The summed E-state index contributed by atoms with van der Waals surface area (Å²) in [7, 11) is 0. The second-order valence-electron chi connectivity index (χ2n) is 6.50. The van der Waals surface area contributed by atoms with E-state index in [4.69, 9.17) is 9.47 Å². The van der Waals surface area contributed by atoms with Crippen molar-refractivity contribution in [3.05, 3.63) is 46.7 Å². The van der Waals surface area contributed by atoms with Gasteiger partial charge in [0, 0.05) is 36.6 Å². The van der Waals surface area contributed by atoms with Crippen LogP contribution in [0.4, 0.5) is 0 Å². The summed E-state index contributed by atoms with van der Waals surface area (Å²) in [6, 6.07) is 4.53. The van der Waals surface area contributed by atoms with E-state index in [9.17, 15) is 0 Å². The first kappa shape index (κ1) is 16.1. The van der Waals surface area contributed by atoms with Crippen LogP contribution in [0.3, 0.4) is 0 Å². The van der Waals surface area contributed by atoms with E-state index in [0.717, 1.165) is 31.5 Å². The highest BCUT2D eigenvalue weighted by Crippen LogP contribution is 2.32. The number of pyridine rings is 1. The predicted molar refractivity (Wildman–Crippen MR) is 92.7 cm³/mol. The van der Waals surface area contributed by atoms with Gasteiger partial charge < -0.3 is 9.47 Å². The van der Waals surface area contributed by atoms with E-state index in [2.05, 4.69) is 20.2 Å². The maximum absolute atomic E-state index is 6.30. The highest BCUT2D eigenvalue weighted by molar-refractivity contribution is 7.09. The minimum absolute atomic E-state index is 0.225. The number of likely N-dealkylation sites (tertiary alicyclic amines) is 1. The Morgan fingerprint density at radius 1 is 1.29 bits per heavy atom. The van der Waals surface area contributed by atoms with Crippen molar-refractivity contribution in [3.63, 3.8) is 0 Å². The molecule has 0 aromatic carbocycles. The molecule has 24 heavy (non-hydrogen) atoms. The van der Waals surface area contributed by atoms with E-state index in [1.54, 1.807) is 17.5 Å². The van der Waals surface area contributed by atoms with E-state index >= 15 is 0 Å². The average molecular weight is 345 g/mol. The van der Waals surface area contributed by atoms with Crippen LogP contribution in [0, 0.1) is 0 Å². The molecule has 4 rings (SSSR count). The van der Waals surface area contributed by atoms with Crippen molar-refractivity contribution in [2.24, 2.45) is 0 Å². The Bertz CT molecular complexity index is 622. The van der Waals surface area contributed by atoms with Crippen molar-refractivity contribution in [1.82, 2.24) is 14.9 Å². The molecule has 0 amide bonds. The first-order chi connectivity index (χ1) is 11.9. The third kappa shape index (κ3) is 3.83. The van der Waals surface area contributed by atoms with Crippen molar-refractivity contribution in [1.29, 1.82) is 0 Å². The molecule has 5 nitrogen and oxygen atoms in total. The maximum atomic E-state index is 6.30. The van der Waals surface area contributed by atoms with Crippen molar-refractivity contribution in [2.45, 2.75) is 50.7 Å². The van der Waals surface area contributed by atoms with Gasteiger partial charge in [-0.15, -0.1) is 11.3 Å². The lowest BCUT2D eigenvalue weighted by molar-refractivity contribution is -0.102. The second-order valence-corrected chi connectivity index (χ2v) is 7.48. The third-order valence-corrected chi connectivity index (χ3v) is 5.63. The Labute approximate surface area is 146 Å². The van der Waals surface area contributed by atoms with Crippen LogP contribution in [0.15, 0.2) is 36.1 Å². The van der Waals surface area contributed by atoms with Crippen molar-refractivity contribution >= 4 is 11.3 Å². The number of nitrogens with zero attached hydrogens (tertiary/aromatic N) is 3. The molecule has 3 atom stereocenters. The lowest BCUT2D eigenvalue weighted by Gasteiger charge is -2.35. The number of hydrogen-bond acceptors (Lipinski definition) is 6. The predicted octanol–water partition coefficient (Wildman–Crippen LogP) is 2.88. The molecule has 2 aliphatic rings. The fourth-order valence-electron chi connectivity index (χ4n) is 3.70. The van der Waals surface area contributed by atoms with Gasteiger partial charge in [0.2, 0.25) is 0 Å². The molecule has 4 heterocycles. The molecule has 0 aliphatic carbocycles. The summed E-state index contributed by atoms with van der Waals surface area (Å²) in [5.41, 5.74) is 1.11. The Morgan fingerprint density at radius 2 is 2.29 bits per heavy atom.